The number of anilines is 1. The summed E-state index contributed by atoms with van der Waals surface area (Å²) in [6.45, 7) is 5.36. The average Bonchev–Trinajstić information content (AvgIpc) is 3.26. The molecule has 2 aromatic rings. The quantitative estimate of drug-likeness (QED) is 0.713. The molecule has 0 N–H and O–H groups in total. The first-order valence-corrected chi connectivity index (χ1v) is 12.0. The van der Waals surface area contributed by atoms with E-state index in [1.807, 2.05) is 6.07 Å². The van der Waals surface area contributed by atoms with Crippen LogP contribution in [0.3, 0.4) is 0 Å². The number of rotatable bonds is 4. The average molecular weight is 448 g/mol. The number of piperazine rings is 1. The van der Waals surface area contributed by atoms with Crippen LogP contribution >= 0.6 is 0 Å². The monoisotopic (exact) mass is 447 g/mol. The van der Waals surface area contributed by atoms with Crippen LogP contribution in [0.15, 0.2) is 53.4 Å². The first-order chi connectivity index (χ1) is 15.0. The number of sulfonamides is 1. The molecule has 0 saturated carbocycles. The molecule has 5 rings (SSSR count). The van der Waals surface area contributed by atoms with Gasteiger partial charge in [0.15, 0.2) is 0 Å². The summed E-state index contributed by atoms with van der Waals surface area (Å²) in [7, 11) is -3.60. The second kappa shape index (κ2) is 8.14. The van der Waals surface area contributed by atoms with Gasteiger partial charge in [-0.3, -0.25) is 4.90 Å². The molecular formula is C22H26FN3O4S. The molecular weight excluding hydrogens is 421 g/mol. The maximum Gasteiger partial charge on any atom is 0.243 e. The van der Waals surface area contributed by atoms with Gasteiger partial charge in [0.05, 0.1) is 24.7 Å². The number of benzene rings is 2. The summed E-state index contributed by atoms with van der Waals surface area (Å²) in [6, 6.07) is 13.5. The number of hydrogen-bond donors (Lipinski definition) is 0. The minimum absolute atomic E-state index is 0.169. The van der Waals surface area contributed by atoms with E-state index >= 15 is 0 Å². The highest BCUT2D eigenvalue weighted by atomic mass is 32.2. The standard InChI is InChI=1S/C22H26FN3O4S/c23-18-5-7-19(8-6-18)25-12-9-24(10-13-25)11-14-26-17-22(29-15-16-30-22)20-3-1-2-4-21(20)31(26,27)28/h1-8H,9-17H2. The van der Waals surface area contributed by atoms with Crippen LogP contribution in [0.4, 0.5) is 10.1 Å². The van der Waals surface area contributed by atoms with Crippen LogP contribution < -0.4 is 4.90 Å². The molecule has 2 saturated heterocycles. The topological polar surface area (TPSA) is 62.3 Å². The van der Waals surface area contributed by atoms with E-state index in [1.54, 1.807) is 30.3 Å². The van der Waals surface area contributed by atoms with Gasteiger partial charge in [-0.1, -0.05) is 18.2 Å². The van der Waals surface area contributed by atoms with Gasteiger partial charge in [-0.15, -0.1) is 0 Å². The fourth-order valence-corrected chi connectivity index (χ4v) is 6.28. The minimum atomic E-state index is -3.60. The predicted octanol–water partition coefficient (Wildman–Crippen LogP) is 1.85. The summed E-state index contributed by atoms with van der Waals surface area (Å²) < 4.78 is 53.0. The van der Waals surface area contributed by atoms with Crippen LogP contribution in [0.1, 0.15) is 5.56 Å². The Labute approximate surface area is 182 Å². The van der Waals surface area contributed by atoms with E-state index in [9.17, 15) is 12.8 Å². The van der Waals surface area contributed by atoms with Crippen LogP contribution in [0, 0.1) is 5.82 Å². The minimum Gasteiger partial charge on any atom is -0.369 e. The Morgan fingerprint density at radius 1 is 0.903 bits per heavy atom. The third-order valence-electron chi connectivity index (χ3n) is 6.28. The van der Waals surface area contributed by atoms with Crippen molar-refractivity contribution in [2.24, 2.45) is 0 Å². The van der Waals surface area contributed by atoms with Crippen molar-refractivity contribution >= 4 is 15.7 Å². The summed E-state index contributed by atoms with van der Waals surface area (Å²) in [4.78, 5) is 4.75. The summed E-state index contributed by atoms with van der Waals surface area (Å²) >= 11 is 0. The van der Waals surface area contributed by atoms with E-state index < -0.39 is 15.8 Å². The molecule has 0 amide bonds. The molecule has 3 aliphatic heterocycles. The highest BCUT2D eigenvalue weighted by Gasteiger charge is 2.50. The predicted molar refractivity (Wildman–Crippen MR) is 114 cm³/mol. The van der Waals surface area contributed by atoms with Crippen molar-refractivity contribution in [1.29, 1.82) is 0 Å². The number of nitrogens with zero attached hydrogens (tertiary/aromatic N) is 3. The van der Waals surface area contributed by atoms with E-state index in [1.165, 1.54) is 16.4 Å². The lowest BCUT2D eigenvalue weighted by atomic mass is 10.1. The Morgan fingerprint density at radius 2 is 1.58 bits per heavy atom. The van der Waals surface area contributed by atoms with Gasteiger partial charge < -0.3 is 14.4 Å². The van der Waals surface area contributed by atoms with Gasteiger partial charge in [0, 0.05) is 50.5 Å². The van der Waals surface area contributed by atoms with Gasteiger partial charge in [0.2, 0.25) is 15.8 Å². The molecule has 0 bridgehead atoms. The Bertz CT molecular complexity index is 1030. The molecule has 1 spiro atoms. The van der Waals surface area contributed by atoms with Crippen molar-refractivity contribution in [2.45, 2.75) is 10.7 Å². The van der Waals surface area contributed by atoms with Gasteiger partial charge in [-0.2, -0.15) is 4.31 Å². The lowest BCUT2D eigenvalue weighted by Crippen LogP contribution is -2.53. The summed E-state index contributed by atoms with van der Waals surface area (Å²) in [6.07, 6.45) is 0. The number of hydrogen-bond acceptors (Lipinski definition) is 6. The zero-order valence-corrected chi connectivity index (χ0v) is 18.1. The Balaban J connectivity index is 1.25. The van der Waals surface area contributed by atoms with Crippen LogP contribution in [0.2, 0.25) is 0 Å². The largest absolute Gasteiger partial charge is 0.369 e. The number of ether oxygens (including phenoxy) is 2. The number of fused-ring (bicyclic) bond motifs is 2. The van der Waals surface area contributed by atoms with Gasteiger partial charge in [-0.05, 0) is 30.3 Å². The first kappa shape index (κ1) is 20.8. The molecule has 0 unspecified atom stereocenters. The summed E-state index contributed by atoms with van der Waals surface area (Å²) in [5.41, 5.74) is 1.60. The van der Waals surface area contributed by atoms with E-state index in [0.717, 1.165) is 31.9 Å². The molecule has 3 heterocycles. The van der Waals surface area contributed by atoms with E-state index in [4.69, 9.17) is 9.47 Å². The molecule has 0 atom stereocenters. The van der Waals surface area contributed by atoms with Crippen LogP contribution in [-0.4, -0.2) is 76.6 Å². The first-order valence-electron chi connectivity index (χ1n) is 10.6. The van der Waals surface area contributed by atoms with Crippen molar-refractivity contribution < 1.29 is 22.3 Å². The maximum absolute atomic E-state index is 13.2. The van der Waals surface area contributed by atoms with E-state index in [-0.39, 0.29) is 17.3 Å². The van der Waals surface area contributed by atoms with Gasteiger partial charge in [0.25, 0.3) is 0 Å². The second-order valence-electron chi connectivity index (χ2n) is 8.09. The van der Waals surface area contributed by atoms with Crippen molar-refractivity contribution in [3.05, 3.63) is 59.9 Å². The zero-order chi connectivity index (χ0) is 21.5. The Hall–Kier alpha value is -2.04. The lowest BCUT2D eigenvalue weighted by Gasteiger charge is -2.41. The second-order valence-corrected chi connectivity index (χ2v) is 10.00. The van der Waals surface area contributed by atoms with Gasteiger partial charge in [-0.25, -0.2) is 12.8 Å². The van der Waals surface area contributed by atoms with E-state index in [2.05, 4.69) is 9.80 Å². The zero-order valence-electron chi connectivity index (χ0n) is 17.2. The summed E-state index contributed by atoms with van der Waals surface area (Å²) in [5.74, 6) is -1.25. The SMILES string of the molecule is O=S1(=O)c2ccccc2C2(CN1CCN1CCN(c3ccc(F)cc3)CC1)OCCO2. The Kier molecular flexibility index (Phi) is 5.47. The van der Waals surface area contributed by atoms with Crippen molar-refractivity contribution in [3.63, 3.8) is 0 Å². The molecule has 166 valence electrons. The lowest BCUT2D eigenvalue weighted by molar-refractivity contribution is -0.176. The Morgan fingerprint density at radius 3 is 2.29 bits per heavy atom. The number of halogens is 1. The van der Waals surface area contributed by atoms with Crippen molar-refractivity contribution in [2.75, 3.05) is 63.9 Å². The fourth-order valence-electron chi connectivity index (χ4n) is 4.58. The highest BCUT2D eigenvalue weighted by Crippen LogP contribution is 2.41. The van der Waals surface area contributed by atoms with Crippen molar-refractivity contribution in [3.8, 4) is 0 Å². The van der Waals surface area contributed by atoms with E-state index in [0.29, 0.717) is 31.9 Å². The molecule has 0 aliphatic carbocycles. The normalized spacial score (nSPS) is 23.2. The molecule has 2 fully saturated rings. The molecule has 2 aromatic carbocycles. The third kappa shape index (κ3) is 3.85. The van der Waals surface area contributed by atoms with Gasteiger partial charge >= 0.3 is 0 Å². The summed E-state index contributed by atoms with van der Waals surface area (Å²) in [5, 5.41) is 0. The molecule has 3 aliphatic rings. The molecule has 9 heteroatoms. The molecule has 0 aromatic heterocycles. The molecule has 0 radical (unpaired) electrons. The third-order valence-corrected chi connectivity index (χ3v) is 8.19. The van der Waals surface area contributed by atoms with Crippen LogP contribution in [0.25, 0.3) is 0 Å². The van der Waals surface area contributed by atoms with Gasteiger partial charge in [0.1, 0.15) is 5.82 Å². The van der Waals surface area contributed by atoms with Crippen LogP contribution in [-0.2, 0) is 25.3 Å². The maximum atomic E-state index is 13.2. The highest BCUT2D eigenvalue weighted by molar-refractivity contribution is 7.89. The smallest absolute Gasteiger partial charge is 0.243 e. The van der Waals surface area contributed by atoms with Crippen LogP contribution in [0.5, 0.6) is 0 Å². The molecule has 7 nitrogen and oxygen atoms in total. The van der Waals surface area contributed by atoms with Crippen molar-refractivity contribution in [1.82, 2.24) is 9.21 Å². The molecule has 31 heavy (non-hydrogen) atoms. The fraction of sp³-hybridized carbons (Fsp3) is 0.455.